The molecular formula is C22H27N3O2S. The van der Waals surface area contributed by atoms with E-state index >= 15 is 0 Å². The summed E-state index contributed by atoms with van der Waals surface area (Å²) in [7, 11) is 2.10. The van der Waals surface area contributed by atoms with E-state index in [9.17, 15) is 10.1 Å². The van der Waals surface area contributed by atoms with Gasteiger partial charge in [0, 0.05) is 54.7 Å². The number of thiophene rings is 1. The molecule has 0 unspecified atom stereocenters. The normalized spacial score (nSPS) is 15.5. The minimum absolute atomic E-state index is 0.234. The molecule has 1 aromatic carbocycles. The van der Waals surface area contributed by atoms with Crippen molar-refractivity contribution in [2.45, 2.75) is 45.2 Å². The van der Waals surface area contributed by atoms with Gasteiger partial charge in [0.15, 0.2) is 0 Å². The van der Waals surface area contributed by atoms with Crippen LogP contribution in [0, 0.1) is 16.0 Å². The first-order valence-corrected chi connectivity index (χ1v) is 10.9. The van der Waals surface area contributed by atoms with Gasteiger partial charge in [0.25, 0.3) is 0 Å². The van der Waals surface area contributed by atoms with Crippen molar-refractivity contribution < 1.29 is 4.92 Å². The molecule has 1 saturated carbocycles. The van der Waals surface area contributed by atoms with Crippen LogP contribution in [0.4, 0.5) is 5.00 Å². The van der Waals surface area contributed by atoms with Crippen LogP contribution < -0.4 is 0 Å². The summed E-state index contributed by atoms with van der Waals surface area (Å²) in [4.78, 5) is 14.3. The molecular weight excluding hydrogens is 370 g/mol. The van der Waals surface area contributed by atoms with Gasteiger partial charge >= 0.3 is 5.00 Å². The molecule has 1 aliphatic rings. The number of benzene rings is 1. The Labute approximate surface area is 169 Å². The maximum absolute atomic E-state index is 11.1. The highest BCUT2D eigenvalue weighted by molar-refractivity contribution is 7.15. The SMILES string of the molecule is Cn1cc(CN(Cc2ccc([N+](=O)[O-])s2)CC2CCCCC2)c2ccccc21. The summed E-state index contributed by atoms with van der Waals surface area (Å²) in [6.45, 7) is 2.72. The minimum atomic E-state index is -0.287. The van der Waals surface area contributed by atoms with Crippen molar-refractivity contribution in [1.82, 2.24) is 9.47 Å². The average Bonchev–Trinajstić information content (AvgIpc) is 3.28. The molecule has 4 rings (SSSR count). The molecule has 0 atom stereocenters. The molecule has 2 heterocycles. The van der Waals surface area contributed by atoms with Crippen LogP contribution in [-0.2, 0) is 20.1 Å². The van der Waals surface area contributed by atoms with Crippen LogP contribution in [0.3, 0.4) is 0 Å². The molecule has 148 valence electrons. The number of para-hydroxylation sites is 1. The lowest BCUT2D eigenvalue weighted by molar-refractivity contribution is -0.380. The first kappa shape index (κ1) is 19.2. The van der Waals surface area contributed by atoms with Crippen LogP contribution >= 0.6 is 11.3 Å². The van der Waals surface area contributed by atoms with Crippen molar-refractivity contribution in [2.75, 3.05) is 6.54 Å². The van der Waals surface area contributed by atoms with E-state index in [0.29, 0.717) is 0 Å². The lowest BCUT2D eigenvalue weighted by Gasteiger charge is -2.29. The van der Waals surface area contributed by atoms with Gasteiger partial charge in [-0.15, -0.1) is 0 Å². The first-order valence-electron chi connectivity index (χ1n) is 10.1. The largest absolute Gasteiger partial charge is 0.350 e. The first-order chi connectivity index (χ1) is 13.6. The predicted octanol–water partition coefficient (Wildman–Crippen LogP) is 5.73. The molecule has 28 heavy (non-hydrogen) atoms. The van der Waals surface area contributed by atoms with Gasteiger partial charge in [-0.1, -0.05) is 48.8 Å². The predicted molar refractivity (Wildman–Crippen MR) is 115 cm³/mol. The monoisotopic (exact) mass is 397 g/mol. The van der Waals surface area contributed by atoms with Crippen molar-refractivity contribution in [3.63, 3.8) is 0 Å². The third kappa shape index (κ3) is 4.28. The number of fused-ring (bicyclic) bond motifs is 1. The van der Waals surface area contributed by atoms with E-state index in [2.05, 4.69) is 47.0 Å². The topological polar surface area (TPSA) is 51.3 Å². The fourth-order valence-electron chi connectivity index (χ4n) is 4.48. The van der Waals surface area contributed by atoms with Gasteiger partial charge in [0.05, 0.1) is 4.92 Å². The van der Waals surface area contributed by atoms with Crippen LogP contribution in [0.5, 0.6) is 0 Å². The summed E-state index contributed by atoms with van der Waals surface area (Å²) in [5.41, 5.74) is 2.59. The van der Waals surface area contributed by atoms with E-state index < -0.39 is 0 Å². The van der Waals surface area contributed by atoms with Crippen molar-refractivity contribution in [3.05, 3.63) is 63.1 Å². The summed E-state index contributed by atoms with van der Waals surface area (Å²) < 4.78 is 2.19. The van der Waals surface area contributed by atoms with Crippen LogP contribution in [-0.4, -0.2) is 20.9 Å². The number of nitro groups is 1. The zero-order valence-electron chi connectivity index (χ0n) is 16.3. The average molecular weight is 398 g/mol. The van der Waals surface area contributed by atoms with Gasteiger partial charge in [0.2, 0.25) is 0 Å². The van der Waals surface area contributed by atoms with Gasteiger partial charge in [-0.05, 0) is 36.5 Å². The molecule has 2 aromatic heterocycles. The van der Waals surface area contributed by atoms with E-state index in [-0.39, 0.29) is 9.92 Å². The molecule has 1 aliphatic carbocycles. The number of rotatable bonds is 7. The van der Waals surface area contributed by atoms with Crippen LogP contribution in [0.15, 0.2) is 42.6 Å². The molecule has 0 N–H and O–H groups in total. The lowest BCUT2D eigenvalue weighted by Crippen LogP contribution is -2.29. The number of hydrogen-bond donors (Lipinski definition) is 0. The third-order valence-corrected chi connectivity index (χ3v) is 6.84. The standard InChI is InChI=1S/C22H27N3O2S/c1-23-14-18(20-9-5-6-10-21(20)23)15-24(13-17-7-3-2-4-8-17)16-19-11-12-22(28-19)25(26)27/h5-6,9-12,14,17H,2-4,7-8,13,15-16H2,1H3. The summed E-state index contributed by atoms with van der Waals surface area (Å²) in [5.74, 6) is 0.735. The fraction of sp³-hybridized carbons (Fsp3) is 0.455. The van der Waals surface area contributed by atoms with Gasteiger partial charge in [-0.25, -0.2) is 0 Å². The molecule has 1 fully saturated rings. The van der Waals surface area contributed by atoms with Crippen LogP contribution in [0.1, 0.15) is 42.5 Å². The van der Waals surface area contributed by atoms with E-state index in [1.54, 1.807) is 6.07 Å². The third-order valence-electron chi connectivity index (χ3n) is 5.82. The fourth-order valence-corrected chi connectivity index (χ4v) is 5.34. The lowest BCUT2D eigenvalue weighted by atomic mass is 9.89. The van der Waals surface area contributed by atoms with E-state index in [1.807, 2.05) is 6.07 Å². The van der Waals surface area contributed by atoms with Gasteiger partial charge < -0.3 is 4.57 Å². The number of nitrogens with zero attached hydrogens (tertiary/aromatic N) is 3. The Morgan fingerprint density at radius 1 is 1.14 bits per heavy atom. The second-order valence-corrected chi connectivity index (χ2v) is 9.10. The Kier molecular flexibility index (Phi) is 5.78. The number of hydrogen-bond acceptors (Lipinski definition) is 4. The zero-order valence-corrected chi connectivity index (χ0v) is 17.2. The zero-order chi connectivity index (χ0) is 19.5. The quantitative estimate of drug-likeness (QED) is 0.378. The maximum Gasteiger partial charge on any atom is 0.324 e. The van der Waals surface area contributed by atoms with Gasteiger partial charge in [-0.3, -0.25) is 15.0 Å². The molecule has 5 nitrogen and oxygen atoms in total. The minimum Gasteiger partial charge on any atom is -0.350 e. The molecule has 0 aliphatic heterocycles. The van der Waals surface area contributed by atoms with E-state index in [1.165, 1.54) is 59.9 Å². The molecule has 0 bridgehead atoms. The van der Waals surface area contributed by atoms with Gasteiger partial charge in [-0.2, -0.15) is 0 Å². The molecule has 0 amide bonds. The Morgan fingerprint density at radius 2 is 1.93 bits per heavy atom. The molecule has 3 aromatic rings. The highest BCUT2D eigenvalue weighted by Gasteiger charge is 2.20. The summed E-state index contributed by atoms with van der Waals surface area (Å²) in [6, 6.07) is 12.1. The van der Waals surface area contributed by atoms with E-state index in [4.69, 9.17) is 0 Å². The summed E-state index contributed by atoms with van der Waals surface area (Å²) >= 11 is 1.30. The maximum atomic E-state index is 11.1. The van der Waals surface area contributed by atoms with Crippen molar-refractivity contribution in [1.29, 1.82) is 0 Å². The second kappa shape index (κ2) is 8.45. The number of aryl methyl sites for hydroxylation is 1. The molecule has 0 spiro atoms. The summed E-state index contributed by atoms with van der Waals surface area (Å²) in [5, 5.41) is 12.6. The highest BCUT2D eigenvalue weighted by Crippen LogP contribution is 2.30. The Hall–Kier alpha value is -2.18. The smallest absolute Gasteiger partial charge is 0.324 e. The van der Waals surface area contributed by atoms with Crippen LogP contribution in [0.25, 0.3) is 10.9 Å². The Balaban J connectivity index is 1.56. The second-order valence-electron chi connectivity index (χ2n) is 7.95. The molecule has 6 heteroatoms. The van der Waals surface area contributed by atoms with E-state index in [0.717, 1.165) is 30.4 Å². The van der Waals surface area contributed by atoms with Crippen molar-refractivity contribution >= 4 is 27.2 Å². The Bertz CT molecular complexity index is 956. The van der Waals surface area contributed by atoms with Gasteiger partial charge in [0.1, 0.15) is 0 Å². The highest BCUT2D eigenvalue weighted by atomic mass is 32.1. The van der Waals surface area contributed by atoms with Crippen molar-refractivity contribution in [3.8, 4) is 0 Å². The Morgan fingerprint density at radius 3 is 2.68 bits per heavy atom. The van der Waals surface area contributed by atoms with Crippen LogP contribution in [0.2, 0.25) is 0 Å². The van der Waals surface area contributed by atoms with Crippen molar-refractivity contribution in [2.24, 2.45) is 13.0 Å². The summed E-state index contributed by atoms with van der Waals surface area (Å²) in [6.07, 6.45) is 8.86. The number of aromatic nitrogens is 1. The molecule has 0 saturated heterocycles. The molecule has 0 radical (unpaired) electrons.